The number of nitrogens with zero attached hydrogens (tertiary/aromatic N) is 1. The molecule has 3 aromatic carbocycles. The summed E-state index contributed by atoms with van der Waals surface area (Å²) in [6.07, 6.45) is 0. The van der Waals surface area contributed by atoms with Crippen molar-refractivity contribution in [1.29, 1.82) is 0 Å². The Bertz CT molecular complexity index is 1080. The van der Waals surface area contributed by atoms with Crippen molar-refractivity contribution in [2.45, 2.75) is 12.6 Å². The summed E-state index contributed by atoms with van der Waals surface area (Å²) < 4.78 is 13.3. The van der Waals surface area contributed by atoms with Crippen molar-refractivity contribution in [1.82, 2.24) is 4.90 Å². The number of benzene rings is 3. The van der Waals surface area contributed by atoms with E-state index < -0.39 is 17.7 Å². The molecule has 0 spiro atoms. The van der Waals surface area contributed by atoms with Gasteiger partial charge in [-0.05, 0) is 23.3 Å². The number of ketones is 1. The molecule has 0 radical (unpaired) electrons. The predicted octanol–water partition coefficient (Wildman–Crippen LogP) is 4.45. The van der Waals surface area contributed by atoms with E-state index in [1.54, 1.807) is 42.5 Å². The molecule has 1 atom stereocenters. The molecule has 1 heterocycles. The van der Waals surface area contributed by atoms with Gasteiger partial charge in [-0.15, -0.1) is 0 Å². The predicted molar refractivity (Wildman–Crippen MR) is 107 cm³/mol. The van der Waals surface area contributed by atoms with Gasteiger partial charge in [-0.1, -0.05) is 72.8 Å². The van der Waals surface area contributed by atoms with Gasteiger partial charge >= 0.3 is 0 Å². The molecule has 1 unspecified atom stereocenters. The highest BCUT2D eigenvalue weighted by atomic mass is 19.1. The smallest absolute Gasteiger partial charge is 0.295 e. The molecule has 3 aromatic rings. The van der Waals surface area contributed by atoms with Crippen molar-refractivity contribution in [2.24, 2.45) is 0 Å². The fourth-order valence-electron chi connectivity index (χ4n) is 3.56. The van der Waals surface area contributed by atoms with Gasteiger partial charge in [-0.25, -0.2) is 4.39 Å². The van der Waals surface area contributed by atoms with Crippen LogP contribution in [0.25, 0.3) is 5.76 Å². The molecule has 0 bridgehead atoms. The Kier molecular flexibility index (Phi) is 4.96. The van der Waals surface area contributed by atoms with Crippen molar-refractivity contribution < 1.29 is 19.1 Å². The molecule has 1 aliphatic heterocycles. The van der Waals surface area contributed by atoms with E-state index in [1.807, 2.05) is 30.3 Å². The number of Topliss-reactive ketones (excluding diaryl/α,β-unsaturated/α-hetero) is 1. The molecule has 1 aliphatic rings. The number of hydrogen-bond acceptors (Lipinski definition) is 3. The summed E-state index contributed by atoms with van der Waals surface area (Å²) in [4.78, 5) is 27.2. The number of carbonyl (C=O) groups is 2. The van der Waals surface area contributed by atoms with E-state index in [2.05, 4.69) is 0 Å². The summed E-state index contributed by atoms with van der Waals surface area (Å²) in [5.41, 5.74) is 1.92. The Labute approximate surface area is 167 Å². The molecule has 0 saturated carbocycles. The molecular weight excluding hydrogens is 369 g/mol. The zero-order valence-corrected chi connectivity index (χ0v) is 15.5. The first-order chi connectivity index (χ1) is 14.1. The van der Waals surface area contributed by atoms with Crippen LogP contribution in [0.2, 0.25) is 0 Å². The number of aliphatic hydroxyl groups excluding tert-OH is 1. The van der Waals surface area contributed by atoms with Crippen molar-refractivity contribution >= 4 is 17.4 Å². The minimum atomic E-state index is -0.735. The largest absolute Gasteiger partial charge is 0.507 e. The second-order valence-electron chi connectivity index (χ2n) is 6.83. The molecule has 1 amide bonds. The quantitative estimate of drug-likeness (QED) is 0.409. The summed E-state index contributed by atoms with van der Waals surface area (Å²) in [6.45, 7) is 0.121. The lowest BCUT2D eigenvalue weighted by atomic mass is 9.95. The number of amides is 1. The molecule has 0 aromatic heterocycles. The van der Waals surface area contributed by atoms with E-state index in [0.717, 1.165) is 0 Å². The van der Waals surface area contributed by atoms with Crippen molar-refractivity contribution in [3.8, 4) is 0 Å². The first-order valence-electron chi connectivity index (χ1n) is 9.19. The minimum Gasteiger partial charge on any atom is -0.507 e. The number of aliphatic hydroxyl groups is 1. The Hall–Kier alpha value is -3.73. The average Bonchev–Trinajstić information content (AvgIpc) is 3.01. The SMILES string of the molecule is O=C1C(=O)N(Cc2ccc(F)cc2)C(c2ccccc2)/C1=C(\O)c1ccccc1. The van der Waals surface area contributed by atoms with Gasteiger partial charge in [0.1, 0.15) is 11.6 Å². The highest BCUT2D eigenvalue weighted by Crippen LogP contribution is 2.40. The zero-order chi connectivity index (χ0) is 20.4. The van der Waals surface area contributed by atoms with Gasteiger partial charge in [0.05, 0.1) is 11.6 Å². The molecule has 1 saturated heterocycles. The van der Waals surface area contributed by atoms with E-state index in [0.29, 0.717) is 16.7 Å². The van der Waals surface area contributed by atoms with Crippen LogP contribution in [-0.4, -0.2) is 21.7 Å². The molecule has 4 rings (SSSR count). The van der Waals surface area contributed by atoms with Gasteiger partial charge in [0, 0.05) is 12.1 Å². The molecule has 1 fully saturated rings. The van der Waals surface area contributed by atoms with Crippen molar-refractivity contribution in [3.63, 3.8) is 0 Å². The lowest BCUT2D eigenvalue weighted by Crippen LogP contribution is -2.29. The molecular formula is C24H18FNO3. The number of rotatable bonds is 4. The van der Waals surface area contributed by atoms with Crippen LogP contribution in [0.15, 0.2) is 90.5 Å². The van der Waals surface area contributed by atoms with Crippen molar-refractivity contribution in [2.75, 3.05) is 0 Å². The summed E-state index contributed by atoms with van der Waals surface area (Å²) in [5.74, 6) is -2.01. The fourth-order valence-corrected chi connectivity index (χ4v) is 3.56. The van der Waals surface area contributed by atoms with E-state index >= 15 is 0 Å². The zero-order valence-electron chi connectivity index (χ0n) is 15.5. The monoisotopic (exact) mass is 387 g/mol. The van der Waals surface area contributed by atoms with E-state index in [1.165, 1.54) is 17.0 Å². The second-order valence-corrected chi connectivity index (χ2v) is 6.83. The van der Waals surface area contributed by atoms with E-state index in [9.17, 15) is 19.1 Å². The Morgan fingerprint density at radius 2 is 1.45 bits per heavy atom. The Morgan fingerprint density at radius 1 is 0.862 bits per heavy atom. The molecule has 29 heavy (non-hydrogen) atoms. The van der Waals surface area contributed by atoms with E-state index in [-0.39, 0.29) is 23.7 Å². The van der Waals surface area contributed by atoms with Gasteiger partial charge in [-0.3, -0.25) is 9.59 Å². The number of likely N-dealkylation sites (tertiary alicyclic amines) is 1. The highest BCUT2D eigenvalue weighted by Gasteiger charge is 2.45. The lowest BCUT2D eigenvalue weighted by molar-refractivity contribution is -0.140. The Morgan fingerprint density at radius 3 is 2.07 bits per heavy atom. The third kappa shape index (κ3) is 3.55. The van der Waals surface area contributed by atoms with Gasteiger partial charge in [0.15, 0.2) is 0 Å². The van der Waals surface area contributed by atoms with Crippen LogP contribution in [0.3, 0.4) is 0 Å². The number of hydrogen-bond donors (Lipinski definition) is 1. The van der Waals surface area contributed by atoms with Gasteiger partial charge in [-0.2, -0.15) is 0 Å². The van der Waals surface area contributed by atoms with Crippen LogP contribution in [0, 0.1) is 5.82 Å². The highest BCUT2D eigenvalue weighted by molar-refractivity contribution is 6.46. The standard InChI is InChI=1S/C24H18FNO3/c25-19-13-11-16(12-14-19)15-26-21(17-7-3-1-4-8-17)20(23(28)24(26)29)22(27)18-9-5-2-6-10-18/h1-14,21,27H,15H2/b22-20+. The summed E-state index contributed by atoms with van der Waals surface area (Å²) >= 11 is 0. The number of carbonyl (C=O) groups excluding carboxylic acids is 2. The number of halogens is 1. The van der Waals surface area contributed by atoms with E-state index in [4.69, 9.17) is 0 Å². The van der Waals surface area contributed by atoms with Crippen LogP contribution < -0.4 is 0 Å². The van der Waals surface area contributed by atoms with Crippen LogP contribution in [0.5, 0.6) is 0 Å². The normalized spacial score (nSPS) is 18.2. The molecule has 1 N–H and O–H groups in total. The third-order valence-electron chi connectivity index (χ3n) is 4.97. The van der Waals surface area contributed by atoms with Gasteiger partial charge < -0.3 is 10.0 Å². The van der Waals surface area contributed by atoms with Gasteiger partial charge in [0.2, 0.25) is 0 Å². The first kappa shape index (κ1) is 18.6. The first-order valence-corrected chi connectivity index (χ1v) is 9.19. The third-order valence-corrected chi connectivity index (χ3v) is 4.97. The average molecular weight is 387 g/mol. The lowest BCUT2D eigenvalue weighted by Gasteiger charge is -2.25. The van der Waals surface area contributed by atoms with Crippen LogP contribution in [0.4, 0.5) is 4.39 Å². The van der Waals surface area contributed by atoms with Crippen LogP contribution >= 0.6 is 0 Å². The summed E-state index contributed by atoms with van der Waals surface area (Å²) in [6, 6.07) is 22.8. The van der Waals surface area contributed by atoms with Crippen LogP contribution in [0.1, 0.15) is 22.7 Å². The Balaban J connectivity index is 1.83. The summed E-state index contributed by atoms with van der Waals surface area (Å²) in [5, 5.41) is 10.9. The fraction of sp³-hybridized carbons (Fsp3) is 0.0833. The maximum absolute atomic E-state index is 13.3. The summed E-state index contributed by atoms with van der Waals surface area (Å²) in [7, 11) is 0. The molecule has 4 nitrogen and oxygen atoms in total. The molecule has 5 heteroatoms. The van der Waals surface area contributed by atoms with Crippen LogP contribution in [-0.2, 0) is 16.1 Å². The maximum atomic E-state index is 13.3. The topological polar surface area (TPSA) is 57.6 Å². The minimum absolute atomic E-state index is 0.0505. The molecule has 0 aliphatic carbocycles. The van der Waals surface area contributed by atoms with Crippen molar-refractivity contribution in [3.05, 3.63) is 113 Å². The second kappa shape index (κ2) is 7.72. The van der Waals surface area contributed by atoms with Gasteiger partial charge in [0.25, 0.3) is 11.7 Å². The molecule has 144 valence electrons. The maximum Gasteiger partial charge on any atom is 0.295 e.